The van der Waals surface area contributed by atoms with Crippen LogP contribution in [0.2, 0.25) is 0 Å². The second kappa shape index (κ2) is 5.96. The number of nitrogens with one attached hydrogen (secondary N) is 1. The van der Waals surface area contributed by atoms with Crippen molar-refractivity contribution in [3.63, 3.8) is 0 Å². The summed E-state index contributed by atoms with van der Waals surface area (Å²) >= 11 is 0. The Labute approximate surface area is 103 Å². The van der Waals surface area contributed by atoms with Crippen molar-refractivity contribution in [1.29, 1.82) is 0 Å². The molecule has 94 valence electrons. The molecular weight excluding hydrogens is 212 g/mol. The summed E-state index contributed by atoms with van der Waals surface area (Å²) in [7, 11) is 0. The molecule has 0 radical (unpaired) electrons. The minimum atomic E-state index is 0.592. The van der Waals surface area contributed by atoms with E-state index in [4.69, 9.17) is 5.73 Å². The third kappa shape index (κ3) is 3.16. The molecule has 1 heterocycles. The first-order valence-electron chi connectivity index (χ1n) is 6.58. The summed E-state index contributed by atoms with van der Waals surface area (Å²) in [5.41, 5.74) is 8.12. The molecule has 0 saturated heterocycles. The van der Waals surface area contributed by atoms with Gasteiger partial charge in [0.1, 0.15) is 12.1 Å². The number of aryl methyl sites for hydroxylation is 1. The van der Waals surface area contributed by atoms with Gasteiger partial charge in [-0.15, -0.1) is 0 Å². The van der Waals surface area contributed by atoms with Gasteiger partial charge in [-0.25, -0.2) is 9.97 Å². The van der Waals surface area contributed by atoms with Gasteiger partial charge < -0.3 is 11.1 Å². The molecule has 1 aromatic heterocycles. The Morgan fingerprint density at radius 1 is 1.35 bits per heavy atom. The van der Waals surface area contributed by atoms with Crippen LogP contribution >= 0.6 is 0 Å². The molecule has 0 bridgehead atoms. The maximum absolute atomic E-state index is 5.56. The standard InChI is InChI=1S/C13H22N4/c1-10(6-7-14)8-15-13-11-4-2-3-5-12(11)16-9-17-13/h9-10H,2-8,14H2,1H3,(H,15,16,17). The van der Waals surface area contributed by atoms with Crippen molar-refractivity contribution < 1.29 is 0 Å². The monoisotopic (exact) mass is 234 g/mol. The number of hydrogen-bond donors (Lipinski definition) is 2. The second-order valence-corrected chi connectivity index (χ2v) is 4.92. The maximum Gasteiger partial charge on any atom is 0.132 e. The molecule has 0 fully saturated rings. The first-order valence-corrected chi connectivity index (χ1v) is 6.58. The molecule has 0 amide bonds. The van der Waals surface area contributed by atoms with Crippen LogP contribution in [0.5, 0.6) is 0 Å². The first-order chi connectivity index (χ1) is 8.31. The number of anilines is 1. The van der Waals surface area contributed by atoms with Gasteiger partial charge in [-0.2, -0.15) is 0 Å². The van der Waals surface area contributed by atoms with Gasteiger partial charge >= 0.3 is 0 Å². The fourth-order valence-corrected chi connectivity index (χ4v) is 2.33. The summed E-state index contributed by atoms with van der Waals surface area (Å²) < 4.78 is 0. The predicted octanol–water partition coefficient (Wildman–Crippen LogP) is 1.75. The lowest BCUT2D eigenvalue weighted by Crippen LogP contribution is -2.18. The van der Waals surface area contributed by atoms with Gasteiger partial charge in [-0.05, 0) is 44.6 Å². The van der Waals surface area contributed by atoms with E-state index in [1.165, 1.54) is 24.1 Å². The van der Waals surface area contributed by atoms with Gasteiger partial charge in [0.25, 0.3) is 0 Å². The summed E-state index contributed by atoms with van der Waals surface area (Å²) in [6, 6.07) is 0. The number of nitrogens with two attached hydrogens (primary N) is 1. The summed E-state index contributed by atoms with van der Waals surface area (Å²) in [4.78, 5) is 8.74. The van der Waals surface area contributed by atoms with E-state index >= 15 is 0 Å². The molecular formula is C13H22N4. The fraction of sp³-hybridized carbons (Fsp3) is 0.692. The fourth-order valence-electron chi connectivity index (χ4n) is 2.33. The van der Waals surface area contributed by atoms with Crippen LogP contribution in [-0.4, -0.2) is 23.1 Å². The van der Waals surface area contributed by atoms with E-state index in [1.807, 2.05) is 0 Å². The molecule has 1 aliphatic rings. The Hall–Kier alpha value is -1.16. The van der Waals surface area contributed by atoms with Crippen molar-refractivity contribution in [2.45, 2.75) is 39.0 Å². The van der Waals surface area contributed by atoms with Crippen molar-refractivity contribution in [1.82, 2.24) is 9.97 Å². The van der Waals surface area contributed by atoms with E-state index in [0.29, 0.717) is 5.92 Å². The Balaban J connectivity index is 2.01. The third-order valence-corrected chi connectivity index (χ3v) is 3.40. The van der Waals surface area contributed by atoms with Crippen LogP contribution in [0, 0.1) is 5.92 Å². The van der Waals surface area contributed by atoms with Gasteiger partial charge in [0, 0.05) is 17.8 Å². The van der Waals surface area contributed by atoms with Crippen molar-refractivity contribution in [2.24, 2.45) is 11.7 Å². The lowest BCUT2D eigenvalue weighted by molar-refractivity contribution is 0.566. The lowest BCUT2D eigenvalue weighted by Gasteiger charge is -2.19. The molecule has 3 N–H and O–H groups in total. The molecule has 0 spiro atoms. The molecule has 1 aromatic rings. The van der Waals surface area contributed by atoms with Crippen molar-refractivity contribution in [3.05, 3.63) is 17.6 Å². The summed E-state index contributed by atoms with van der Waals surface area (Å²) in [6.45, 7) is 3.92. The van der Waals surface area contributed by atoms with Gasteiger partial charge in [0.15, 0.2) is 0 Å². The number of hydrogen-bond acceptors (Lipinski definition) is 4. The summed E-state index contributed by atoms with van der Waals surface area (Å²) in [6.07, 6.45) is 7.47. The minimum Gasteiger partial charge on any atom is -0.369 e. The highest BCUT2D eigenvalue weighted by Crippen LogP contribution is 2.24. The SMILES string of the molecule is CC(CCN)CNc1ncnc2c1CCCC2. The largest absolute Gasteiger partial charge is 0.369 e. The first kappa shape index (κ1) is 12.3. The normalized spacial score (nSPS) is 16.4. The van der Waals surface area contributed by atoms with E-state index in [1.54, 1.807) is 6.33 Å². The zero-order chi connectivity index (χ0) is 12.1. The number of aromatic nitrogens is 2. The van der Waals surface area contributed by atoms with E-state index in [2.05, 4.69) is 22.2 Å². The highest BCUT2D eigenvalue weighted by Gasteiger charge is 2.15. The van der Waals surface area contributed by atoms with Crippen molar-refractivity contribution >= 4 is 5.82 Å². The second-order valence-electron chi connectivity index (χ2n) is 4.92. The molecule has 4 nitrogen and oxygen atoms in total. The van der Waals surface area contributed by atoms with Crippen LogP contribution in [0.15, 0.2) is 6.33 Å². The highest BCUT2D eigenvalue weighted by molar-refractivity contribution is 5.46. The molecule has 1 aliphatic carbocycles. The Morgan fingerprint density at radius 2 is 2.18 bits per heavy atom. The smallest absolute Gasteiger partial charge is 0.132 e. The van der Waals surface area contributed by atoms with E-state index in [0.717, 1.165) is 38.2 Å². The molecule has 0 aliphatic heterocycles. The Morgan fingerprint density at radius 3 is 3.00 bits per heavy atom. The zero-order valence-electron chi connectivity index (χ0n) is 10.6. The van der Waals surface area contributed by atoms with Crippen LogP contribution < -0.4 is 11.1 Å². The van der Waals surface area contributed by atoms with E-state index < -0.39 is 0 Å². The van der Waals surface area contributed by atoms with Gasteiger partial charge in [-0.1, -0.05) is 6.92 Å². The molecule has 17 heavy (non-hydrogen) atoms. The number of nitrogens with zero attached hydrogens (tertiary/aromatic N) is 2. The number of rotatable bonds is 5. The van der Waals surface area contributed by atoms with E-state index in [9.17, 15) is 0 Å². The minimum absolute atomic E-state index is 0.592. The van der Waals surface area contributed by atoms with Gasteiger partial charge in [-0.3, -0.25) is 0 Å². The van der Waals surface area contributed by atoms with Crippen molar-refractivity contribution in [3.8, 4) is 0 Å². The lowest BCUT2D eigenvalue weighted by atomic mass is 9.96. The summed E-state index contributed by atoms with van der Waals surface area (Å²) in [5, 5.41) is 3.45. The average Bonchev–Trinajstić information content (AvgIpc) is 2.36. The Kier molecular flexibility index (Phi) is 4.31. The van der Waals surface area contributed by atoms with Crippen LogP contribution in [0.25, 0.3) is 0 Å². The summed E-state index contributed by atoms with van der Waals surface area (Å²) in [5.74, 6) is 1.63. The highest BCUT2D eigenvalue weighted by atomic mass is 15.0. The van der Waals surface area contributed by atoms with Crippen LogP contribution in [-0.2, 0) is 12.8 Å². The molecule has 2 rings (SSSR count). The zero-order valence-corrected chi connectivity index (χ0v) is 10.6. The van der Waals surface area contributed by atoms with Gasteiger partial charge in [0.2, 0.25) is 0 Å². The topological polar surface area (TPSA) is 63.8 Å². The van der Waals surface area contributed by atoms with Crippen LogP contribution in [0.3, 0.4) is 0 Å². The van der Waals surface area contributed by atoms with Crippen LogP contribution in [0.1, 0.15) is 37.4 Å². The average molecular weight is 234 g/mol. The quantitative estimate of drug-likeness (QED) is 0.814. The molecule has 0 aromatic carbocycles. The molecule has 0 saturated carbocycles. The van der Waals surface area contributed by atoms with Crippen molar-refractivity contribution in [2.75, 3.05) is 18.4 Å². The maximum atomic E-state index is 5.56. The van der Waals surface area contributed by atoms with E-state index in [-0.39, 0.29) is 0 Å². The molecule has 4 heteroatoms. The third-order valence-electron chi connectivity index (χ3n) is 3.40. The molecule has 1 unspecified atom stereocenters. The van der Waals surface area contributed by atoms with Gasteiger partial charge in [0.05, 0.1) is 0 Å². The number of fused-ring (bicyclic) bond motifs is 1. The Bertz CT molecular complexity index is 364. The van der Waals surface area contributed by atoms with Crippen LogP contribution in [0.4, 0.5) is 5.82 Å². The predicted molar refractivity (Wildman–Crippen MR) is 70.0 cm³/mol. The molecule has 1 atom stereocenters.